The number of hydrogen-bond acceptors (Lipinski definition) is 3. The van der Waals surface area contributed by atoms with E-state index in [4.69, 9.17) is 28.9 Å². The molecular formula is C10H7Cl2N3. The van der Waals surface area contributed by atoms with Gasteiger partial charge < -0.3 is 5.73 Å². The Morgan fingerprint density at radius 3 is 2.40 bits per heavy atom. The average Bonchev–Trinajstić information content (AvgIpc) is 2.23. The largest absolute Gasteiger partial charge is 0.396 e. The number of rotatable bonds is 1. The van der Waals surface area contributed by atoms with Crippen LogP contribution in [0.2, 0.25) is 10.0 Å². The second-order valence-electron chi connectivity index (χ2n) is 2.96. The van der Waals surface area contributed by atoms with Gasteiger partial charge in [-0.1, -0.05) is 23.2 Å². The molecule has 0 amide bonds. The first-order valence-electron chi connectivity index (χ1n) is 4.20. The normalized spacial score (nSPS) is 10.3. The van der Waals surface area contributed by atoms with Crippen molar-refractivity contribution in [1.29, 1.82) is 0 Å². The van der Waals surface area contributed by atoms with E-state index in [1.807, 2.05) is 0 Å². The minimum absolute atomic E-state index is 0.511. The number of nitrogens with two attached hydrogens (primary N) is 1. The van der Waals surface area contributed by atoms with Gasteiger partial charge in [0.1, 0.15) is 0 Å². The summed E-state index contributed by atoms with van der Waals surface area (Å²) in [5, 5.41) is 1.15. The molecule has 0 bridgehead atoms. The lowest BCUT2D eigenvalue weighted by Crippen LogP contribution is -1.92. The van der Waals surface area contributed by atoms with E-state index >= 15 is 0 Å². The van der Waals surface area contributed by atoms with Crippen molar-refractivity contribution >= 4 is 28.9 Å². The molecule has 0 spiro atoms. The van der Waals surface area contributed by atoms with Gasteiger partial charge in [0.2, 0.25) is 0 Å². The molecule has 2 aromatic rings. The Hall–Kier alpha value is -1.32. The van der Waals surface area contributed by atoms with Crippen molar-refractivity contribution in [2.24, 2.45) is 0 Å². The van der Waals surface area contributed by atoms with Gasteiger partial charge in [0.25, 0.3) is 0 Å². The van der Waals surface area contributed by atoms with Crippen molar-refractivity contribution in [1.82, 2.24) is 9.97 Å². The predicted molar refractivity (Wildman–Crippen MR) is 61.9 cm³/mol. The topological polar surface area (TPSA) is 51.8 Å². The molecule has 5 heteroatoms. The van der Waals surface area contributed by atoms with Crippen LogP contribution < -0.4 is 5.73 Å². The molecule has 0 aliphatic heterocycles. The maximum atomic E-state index is 6.00. The molecule has 0 radical (unpaired) electrons. The molecule has 1 aromatic heterocycles. The number of anilines is 1. The summed E-state index contributed by atoms with van der Waals surface area (Å²) < 4.78 is 0. The highest BCUT2D eigenvalue weighted by Crippen LogP contribution is 2.27. The molecule has 0 saturated heterocycles. The van der Waals surface area contributed by atoms with Crippen LogP contribution in [0.25, 0.3) is 11.4 Å². The molecule has 76 valence electrons. The van der Waals surface area contributed by atoms with Crippen LogP contribution in [0.1, 0.15) is 0 Å². The monoisotopic (exact) mass is 239 g/mol. The Morgan fingerprint density at radius 1 is 1.07 bits per heavy atom. The fourth-order valence-corrected chi connectivity index (χ4v) is 1.52. The molecule has 1 heterocycles. The number of hydrogen-bond donors (Lipinski definition) is 1. The maximum Gasteiger partial charge on any atom is 0.160 e. The van der Waals surface area contributed by atoms with Crippen LogP contribution in [0.15, 0.2) is 30.6 Å². The van der Waals surface area contributed by atoms with Crippen molar-refractivity contribution in [2.45, 2.75) is 0 Å². The van der Waals surface area contributed by atoms with Crippen LogP contribution in [0, 0.1) is 0 Å². The third-order valence-electron chi connectivity index (χ3n) is 1.84. The summed E-state index contributed by atoms with van der Waals surface area (Å²) in [4.78, 5) is 8.14. The van der Waals surface area contributed by atoms with E-state index in [2.05, 4.69) is 9.97 Å². The van der Waals surface area contributed by atoms with Crippen molar-refractivity contribution in [3.63, 3.8) is 0 Å². The molecule has 15 heavy (non-hydrogen) atoms. The Kier molecular flexibility index (Phi) is 2.75. The first kappa shape index (κ1) is 10.2. The highest BCUT2D eigenvalue weighted by atomic mass is 35.5. The van der Waals surface area contributed by atoms with Crippen LogP contribution in [-0.4, -0.2) is 9.97 Å². The second kappa shape index (κ2) is 4.04. The van der Waals surface area contributed by atoms with Crippen molar-refractivity contribution in [3.05, 3.63) is 40.6 Å². The van der Waals surface area contributed by atoms with Gasteiger partial charge in [0, 0.05) is 10.6 Å². The first-order chi connectivity index (χ1) is 7.16. The van der Waals surface area contributed by atoms with Gasteiger partial charge in [-0.3, -0.25) is 0 Å². The molecule has 1 aromatic carbocycles. The van der Waals surface area contributed by atoms with E-state index in [1.165, 1.54) is 12.4 Å². The molecule has 2 N–H and O–H groups in total. The Morgan fingerprint density at radius 2 is 1.73 bits per heavy atom. The standard InChI is InChI=1S/C10H7Cl2N3/c11-6-1-2-9(12)8(3-6)10-14-4-7(13)5-15-10/h1-5H,13H2. The van der Waals surface area contributed by atoms with Gasteiger partial charge in [-0.25, -0.2) is 9.97 Å². The first-order valence-corrected chi connectivity index (χ1v) is 4.95. The van der Waals surface area contributed by atoms with Crippen LogP contribution in [0.5, 0.6) is 0 Å². The van der Waals surface area contributed by atoms with Crippen molar-refractivity contribution in [2.75, 3.05) is 5.73 Å². The fraction of sp³-hybridized carbons (Fsp3) is 0. The average molecular weight is 240 g/mol. The number of halogens is 2. The lowest BCUT2D eigenvalue weighted by atomic mass is 10.2. The number of nitrogen functional groups attached to an aromatic ring is 1. The van der Waals surface area contributed by atoms with Gasteiger partial charge in [0.15, 0.2) is 5.82 Å². The summed E-state index contributed by atoms with van der Waals surface area (Å²) in [5.74, 6) is 0.511. The van der Waals surface area contributed by atoms with Crippen LogP contribution >= 0.6 is 23.2 Å². The molecule has 0 aliphatic rings. The van der Waals surface area contributed by atoms with E-state index in [9.17, 15) is 0 Å². The van der Waals surface area contributed by atoms with Gasteiger partial charge >= 0.3 is 0 Å². The predicted octanol–water partition coefficient (Wildman–Crippen LogP) is 3.03. The number of nitrogens with zero attached hydrogens (tertiary/aromatic N) is 2. The minimum Gasteiger partial charge on any atom is -0.396 e. The van der Waals surface area contributed by atoms with Crippen molar-refractivity contribution in [3.8, 4) is 11.4 Å². The van der Waals surface area contributed by atoms with E-state index in [0.717, 1.165) is 0 Å². The molecule has 0 fully saturated rings. The zero-order valence-corrected chi connectivity index (χ0v) is 9.13. The highest BCUT2D eigenvalue weighted by molar-refractivity contribution is 6.35. The third kappa shape index (κ3) is 2.19. The molecular weight excluding hydrogens is 233 g/mol. The summed E-state index contributed by atoms with van der Waals surface area (Å²) in [6.45, 7) is 0. The van der Waals surface area contributed by atoms with Crippen LogP contribution in [0.4, 0.5) is 5.69 Å². The van der Waals surface area contributed by atoms with Crippen LogP contribution in [0.3, 0.4) is 0 Å². The number of benzene rings is 1. The van der Waals surface area contributed by atoms with E-state index in [0.29, 0.717) is 27.1 Å². The summed E-state index contributed by atoms with van der Waals surface area (Å²) in [6, 6.07) is 5.14. The second-order valence-corrected chi connectivity index (χ2v) is 3.81. The smallest absolute Gasteiger partial charge is 0.160 e. The zero-order valence-electron chi connectivity index (χ0n) is 7.61. The summed E-state index contributed by atoms with van der Waals surface area (Å²) in [7, 11) is 0. The molecule has 0 aliphatic carbocycles. The Bertz CT molecular complexity index is 483. The Labute approximate surface area is 96.9 Å². The Balaban J connectivity index is 2.53. The SMILES string of the molecule is Nc1cnc(-c2cc(Cl)ccc2Cl)nc1. The zero-order chi connectivity index (χ0) is 10.8. The summed E-state index contributed by atoms with van der Waals surface area (Å²) in [5.41, 5.74) is 6.70. The molecule has 0 unspecified atom stereocenters. The van der Waals surface area contributed by atoms with Gasteiger partial charge in [-0.2, -0.15) is 0 Å². The maximum absolute atomic E-state index is 6.00. The van der Waals surface area contributed by atoms with Crippen molar-refractivity contribution < 1.29 is 0 Å². The van der Waals surface area contributed by atoms with E-state index < -0.39 is 0 Å². The number of aromatic nitrogens is 2. The fourth-order valence-electron chi connectivity index (χ4n) is 1.15. The molecule has 2 rings (SSSR count). The van der Waals surface area contributed by atoms with Crippen LogP contribution in [-0.2, 0) is 0 Å². The quantitative estimate of drug-likeness (QED) is 0.833. The lowest BCUT2D eigenvalue weighted by Gasteiger charge is -2.03. The third-order valence-corrected chi connectivity index (χ3v) is 2.41. The van der Waals surface area contributed by atoms with E-state index in [-0.39, 0.29) is 0 Å². The highest BCUT2D eigenvalue weighted by Gasteiger charge is 2.06. The lowest BCUT2D eigenvalue weighted by molar-refractivity contribution is 1.18. The van der Waals surface area contributed by atoms with E-state index in [1.54, 1.807) is 18.2 Å². The van der Waals surface area contributed by atoms with Gasteiger partial charge in [0.05, 0.1) is 23.1 Å². The molecule has 0 atom stereocenters. The van der Waals surface area contributed by atoms with Gasteiger partial charge in [-0.05, 0) is 18.2 Å². The van der Waals surface area contributed by atoms with Gasteiger partial charge in [-0.15, -0.1) is 0 Å². The molecule has 3 nitrogen and oxygen atoms in total. The minimum atomic E-state index is 0.511. The molecule has 0 saturated carbocycles. The summed E-state index contributed by atoms with van der Waals surface area (Å²) in [6.07, 6.45) is 3.05. The summed E-state index contributed by atoms with van der Waals surface area (Å²) >= 11 is 11.9.